The molecule has 0 spiro atoms. The van der Waals surface area contributed by atoms with E-state index in [0.29, 0.717) is 6.42 Å². The third-order valence-electron chi connectivity index (χ3n) is 2.18. The van der Waals surface area contributed by atoms with Gasteiger partial charge < -0.3 is 4.90 Å². The minimum absolute atomic E-state index is 0.562. The number of benzene rings is 1. The van der Waals surface area contributed by atoms with E-state index in [1.165, 1.54) is 5.69 Å². The molecular weight excluding hydrogens is 184 g/mol. The van der Waals surface area contributed by atoms with E-state index in [9.17, 15) is 0 Å². The Bertz CT molecular complexity index is 335. The second-order valence-electron chi connectivity index (χ2n) is 3.26. The van der Waals surface area contributed by atoms with Gasteiger partial charge in [0.05, 0.1) is 12.5 Å². The van der Waals surface area contributed by atoms with Crippen LogP contribution in [0.4, 0.5) is 5.69 Å². The van der Waals surface area contributed by atoms with Gasteiger partial charge in [0.1, 0.15) is 0 Å². The minimum atomic E-state index is 0.562. The number of anilines is 1. The Morgan fingerprint density at radius 1 is 1.33 bits per heavy atom. The van der Waals surface area contributed by atoms with Crippen molar-refractivity contribution in [2.24, 2.45) is 0 Å². The van der Waals surface area contributed by atoms with Gasteiger partial charge in [-0.3, -0.25) is 0 Å². The molecule has 1 rings (SSSR count). The number of nitrogens with zero attached hydrogens (tertiary/aromatic N) is 2. The van der Waals surface area contributed by atoms with E-state index in [1.54, 1.807) is 0 Å². The predicted octanol–water partition coefficient (Wildman–Crippen LogP) is 2.98. The van der Waals surface area contributed by atoms with Crippen LogP contribution in [0.1, 0.15) is 13.3 Å². The van der Waals surface area contributed by atoms with Crippen molar-refractivity contribution in [3.05, 3.63) is 42.5 Å². The second kappa shape index (κ2) is 6.67. The van der Waals surface area contributed by atoms with Crippen LogP contribution < -0.4 is 4.90 Å². The maximum absolute atomic E-state index is 8.59. The van der Waals surface area contributed by atoms with Gasteiger partial charge in [-0.15, -0.1) is 0 Å². The third-order valence-corrected chi connectivity index (χ3v) is 2.18. The zero-order valence-electron chi connectivity index (χ0n) is 9.06. The SMILES string of the molecule is C/C=C/CN(CCC#N)c1ccccc1. The fourth-order valence-corrected chi connectivity index (χ4v) is 1.38. The number of allylic oxidation sites excluding steroid dienone is 1. The highest BCUT2D eigenvalue weighted by molar-refractivity contribution is 5.46. The lowest BCUT2D eigenvalue weighted by Gasteiger charge is -2.21. The van der Waals surface area contributed by atoms with Gasteiger partial charge in [-0.2, -0.15) is 5.26 Å². The van der Waals surface area contributed by atoms with Gasteiger partial charge in [-0.05, 0) is 19.1 Å². The molecule has 15 heavy (non-hydrogen) atoms. The summed E-state index contributed by atoms with van der Waals surface area (Å²) in [5.74, 6) is 0. The first-order valence-corrected chi connectivity index (χ1v) is 5.16. The number of hydrogen-bond donors (Lipinski definition) is 0. The molecule has 0 aliphatic heterocycles. The molecule has 1 aromatic rings. The molecule has 0 saturated heterocycles. The van der Waals surface area contributed by atoms with E-state index in [2.05, 4.69) is 29.2 Å². The standard InChI is InChI=1S/C13H16N2/c1-2-3-11-15(12-7-10-14)13-8-5-4-6-9-13/h2-6,8-9H,7,11-12H2,1H3/b3-2+. The Balaban J connectivity index is 2.68. The summed E-state index contributed by atoms with van der Waals surface area (Å²) in [4.78, 5) is 2.20. The predicted molar refractivity (Wildman–Crippen MR) is 63.7 cm³/mol. The lowest BCUT2D eigenvalue weighted by atomic mass is 10.2. The lowest BCUT2D eigenvalue weighted by Crippen LogP contribution is -2.24. The number of rotatable bonds is 5. The molecule has 0 aliphatic carbocycles. The third kappa shape index (κ3) is 3.86. The van der Waals surface area contributed by atoms with Crippen LogP contribution in [0.3, 0.4) is 0 Å². The summed E-state index contributed by atoms with van der Waals surface area (Å²) in [5.41, 5.74) is 1.17. The summed E-state index contributed by atoms with van der Waals surface area (Å²) in [6, 6.07) is 12.4. The highest BCUT2D eigenvalue weighted by atomic mass is 15.1. The summed E-state index contributed by atoms with van der Waals surface area (Å²) in [6.45, 7) is 3.65. The molecule has 0 bridgehead atoms. The summed E-state index contributed by atoms with van der Waals surface area (Å²) in [5, 5.41) is 8.59. The summed E-state index contributed by atoms with van der Waals surface area (Å²) in [7, 11) is 0. The zero-order valence-corrected chi connectivity index (χ0v) is 9.06. The van der Waals surface area contributed by atoms with Gasteiger partial charge in [0, 0.05) is 18.8 Å². The summed E-state index contributed by atoms with van der Waals surface area (Å²) in [6.07, 6.45) is 4.69. The van der Waals surface area contributed by atoms with Crippen LogP contribution >= 0.6 is 0 Å². The first kappa shape index (κ1) is 11.3. The Morgan fingerprint density at radius 3 is 2.67 bits per heavy atom. The molecule has 1 aromatic carbocycles. The molecule has 0 aliphatic rings. The fraction of sp³-hybridized carbons (Fsp3) is 0.308. The van der Waals surface area contributed by atoms with Crippen LogP contribution in [-0.4, -0.2) is 13.1 Å². The Labute approximate surface area is 91.4 Å². The van der Waals surface area contributed by atoms with Crippen LogP contribution in [0.25, 0.3) is 0 Å². The van der Waals surface area contributed by atoms with Gasteiger partial charge in [-0.25, -0.2) is 0 Å². The van der Waals surface area contributed by atoms with Crippen molar-refractivity contribution in [3.8, 4) is 6.07 Å². The Hall–Kier alpha value is -1.75. The van der Waals surface area contributed by atoms with E-state index < -0.39 is 0 Å². The van der Waals surface area contributed by atoms with Crippen molar-refractivity contribution in [2.75, 3.05) is 18.0 Å². The quantitative estimate of drug-likeness (QED) is 0.683. The molecule has 0 atom stereocenters. The van der Waals surface area contributed by atoms with Gasteiger partial charge in [0.25, 0.3) is 0 Å². The van der Waals surface area contributed by atoms with Crippen molar-refractivity contribution in [2.45, 2.75) is 13.3 Å². The Morgan fingerprint density at radius 2 is 2.07 bits per heavy atom. The second-order valence-corrected chi connectivity index (χ2v) is 3.26. The summed E-state index contributed by atoms with van der Waals surface area (Å²) >= 11 is 0. The molecule has 2 nitrogen and oxygen atoms in total. The molecule has 0 radical (unpaired) electrons. The lowest BCUT2D eigenvalue weighted by molar-refractivity contribution is 0.857. The van der Waals surface area contributed by atoms with Crippen LogP contribution in [0, 0.1) is 11.3 Å². The number of nitriles is 1. The smallest absolute Gasteiger partial charge is 0.0640 e. The van der Waals surface area contributed by atoms with Crippen molar-refractivity contribution in [3.63, 3.8) is 0 Å². The van der Waals surface area contributed by atoms with Gasteiger partial charge in [0.15, 0.2) is 0 Å². The maximum atomic E-state index is 8.59. The van der Waals surface area contributed by atoms with E-state index >= 15 is 0 Å². The molecule has 0 saturated carbocycles. The molecule has 0 fully saturated rings. The average molecular weight is 200 g/mol. The van der Waals surface area contributed by atoms with Crippen LogP contribution in [0.15, 0.2) is 42.5 Å². The van der Waals surface area contributed by atoms with Crippen molar-refractivity contribution in [1.82, 2.24) is 0 Å². The van der Waals surface area contributed by atoms with Gasteiger partial charge in [-0.1, -0.05) is 30.4 Å². The molecular formula is C13H16N2. The molecule has 0 amide bonds. The number of hydrogen-bond acceptors (Lipinski definition) is 2. The first-order chi connectivity index (χ1) is 7.38. The Kier molecular flexibility index (Phi) is 5.03. The molecule has 0 N–H and O–H groups in total. The molecule has 0 aromatic heterocycles. The molecule has 2 heteroatoms. The van der Waals surface area contributed by atoms with Gasteiger partial charge in [0.2, 0.25) is 0 Å². The molecule has 78 valence electrons. The van der Waals surface area contributed by atoms with Crippen molar-refractivity contribution in [1.29, 1.82) is 5.26 Å². The minimum Gasteiger partial charge on any atom is -0.367 e. The van der Waals surface area contributed by atoms with Gasteiger partial charge >= 0.3 is 0 Å². The highest BCUT2D eigenvalue weighted by Gasteiger charge is 2.02. The van der Waals surface area contributed by atoms with Crippen molar-refractivity contribution >= 4 is 5.69 Å². The number of para-hydroxylation sites is 1. The zero-order chi connectivity index (χ0) is 10.9. The van der Waals surface area contributed by atoms with E-state index in [0.717, 1.165) is 13.1 Å². The van der Waals surface area contributed by atoms with Crippen LogP contribution in [-0.2, 0) is 0 Å². The first-order valence-electron chi connectivity index (χ1n) is 5.16. The van der Waals surface area contributed by atoms with E-state index in [4.69, 9.17) is 5.26 Å². The van der Waals surface area contributed by atoms with Crippen LogP contribution in [0.5, 0.6) is 0 Å². The maximum Gasteiger partial charge on any atom is 0.0640 e. The largest absolute Gasteiger partial charge is 0.367 e. The van der Waals surface area contributed by atoms with E-state index in [1.807, 2.05) is 31.2 Å². The fourth-order valence-electron chi connectivity index (χ4n) is 1.38. The monoisotopic (exact) mass is 200 g/mol. The molecule has 0 unspecified atom stereocenters. The highest BCUT2D eigenvalue weighted by Crippen LogP contribution is 2.13. The summed E-state index contributed by atoms with van der Waals surface area (Å²) < 4.78 is 0. The van der Waals surface area contributed by atoms with Crippen molar-refractivity contribution < 1.29 is 0 Å². The van der Waals surface area contributed by atoms with Crippen LogP contribution in [0.2, 0.25) is 0 Å². The average Bonchev–Trinajstić information content (AvgIpc) is 2.30. The topological polar surface area (TPSA) is 27.0 Å². The molecule has 0 heterocycles. The van der Waals surface area contributed by atoms with E-state index in [-0.39, 0.29) is 0 Å². The normalized spacial score (nSPS) is 10.1.